The number of carbonyl (C=O) groups is 3. The van der Waals surface area contributed by atoms with Gasteiger partial charge >= 0.3 is 11.9 Å². The summed E-state index contributed by atoms with van der Waals surface area (Å²) in [5.74, 6) is -2.20. The number of carbonyl (C=O) groups excluding carboxylic acids is 1. The van der Waals surface area contributed by atoms with Gasteiger partial charge in [-0.05, 0) is 43.0 Å². The average molecular weight is 463 g/mol. The molecule has 1 heterocycles. The molecule has 0 bridgehead atoms. The van der Waals surface area contributed by atoms with E-state index < -0.39 is 24.6 Å². The van der Waals surface area contributed by atoms with Crippen LogP contribution in [0.3, 0.4) is 0 Å². The van der Waals surface area contributed by atoms with Crippen LogP contribution < -0.4 is 16.2 Å². The summed E-state index contributed by atoms with van der Waals surface area (Å²) < 4.78 is 4.98. The lowest BCUT2D eigenvalue weighted by atomic mass is 10.1. The van der Waals surface area contributed by atoms with Crippen molar-refractivity contribution in [2.75, 3.05) is 13.2 Å². The molecule has 0 aliphatic carbocycles. The first-order valence-electron chi connectivity index (χ1n) is 8.28. The highest BCUT2D eigenvalue weighted by Crippen LogP contribution is 2.36. The number of carboxylic acids is 2. The molecule has 11 heteroatoms. The van der Waals surface area contributed by atoms with Crippen LogP contribution in [0.1, 0.15) is 28.1 Å². The molecule has 0 spiro atoms. The lowest BCUT2D eigenvalue weighted by Gasteiger charge is -2.09. The van der Waals surface area contributed by atoms with E-state index in [-0.39, 0.29) is 27.1 Å². The summed E-state index contributed by atoms with van der Waals surface area (Å²) >= 11 is 13.3. The third-order valence-corrected chi connectivity index (χ3v) is 5.16. The van der Waals surface area contributed by atoms with Crippen molar-refractivity contribution in [2.45, 2.75) is 18.9 Å². The van der Waals surface area contributed by atoms with Gasteiger partial charge in [-0.2, -0.15) is 0 Å². The quantitative estimate of drug-likeness (QED) is 0.414. The Labute approximate surface area is 181 Å². The summed E-state index contributed by atoms with van der Waals surface area (Å²) in [6.45, 7) is -0.0325. The lowest BCUT2D eigenvalue weighted by molar-refractivity contribution is -0.140. The van der Waals surface area contributed by atoms with E-state index in [0.29, 0.717) is 24.3 Å². The van der Waals surface area contributed by atoms with Crippen molar-refractivity contribution < 1.29 is 29.3 Å². The van der Waals surface area contributed by atoms with Gasteiger partial charge in [0.05, 0.1) is 9.90 Å². The zero-order valence-electron chi connectivity index (χ0n) is 15.1. The third kappa shape index (κ3) is 8.00. The first-order chi connectivity index (χ1) is 13.7. The second kappa shape index (κ2) is 12.4. The fraction of sp³-hybridized carbons (Fsp3) is 0.278. The average Bonchev–Trinajstić information content (AvgIpc) is 3.22. The largest absolute Gasteiger partial charge is 0.480 e. The zero-order valence-corrected chi connectivity index (χ0v) is 17.5. The van der Waals surface area contributed by atoms with Gasteiger partial charge in [0, 0.05) is 5.56 Å². The molecule has 29 heavy (non-hydrogen) atoms. The highest BCUT2D eigenvalue weighted by molar-refractivity contribution is 7.12. The van der Waals surface area contributed by atoms with Gasteiger partial charge in [-0.1, -0.05) is 29.3 Å². The number of thiophene rings is 1. The molecule has 1 aromatic carbocycles. The van der Waals surface area contributed by atoms with Crippen molar-refractivity contribution in [3.05, 3.63) is 50.1 Å². The summed E-state index contributed by atoms with van der Waals surface area (Å²) in [6.07, 6.45) is 1.14. The second-order valence-corrected chi connectivity index (χ2v) is 7.31. The molecular weight excluding hydrogens is 443 g/mol. The number of nitrogens with two attached hydrogens (primary N) is 2. The maximum absolute atomic E-state index is 12.2. The van der Waals surface area contributed by atoms with Crippen molar-refractivity contribution in [3.63, 3.8) is 0 Å². The van der Waals surface area contributed by atoms with Crippen LogP contribution in [0.2, 0.25) is 10.0 Å². The second-order valence-electron chi connectivity index (χ2n) is 5.60. The number of hydrogen-bond donors (Lipinski definition) is 4. The molecule has 8 nitrogen and oxygen atoms in total. The predicted molar refractivity (Wildman–Crippen MR) is 111 cm³/mol. The molecule has 1 aromatic heterocycles. The minimum Gasteiger partial charge on any atom is -0.480 e. The van der Waals surface area contributed by atoms with Gasteiger partial charge in [0.2, 0.25) is 5.78 Å². The summed E-state index contributed by atoms with van der Waals surface area (Å²) in [7, 11) is 0. The van der Waals surface area contributed by atoms with E-state index in [2.05, 4.69) is 0 Å². The standard InChI is InChI=1S/C13H8Cl2O4S.C5H12N2O2/c14-11-7(13(18)9-2-1-5-20-9)3-4-8(12(11)15)19-6-10(16)17;6-3-1-2-4(7)5(8)9/h1-5H,6H2,(H,16,17);4H,1-3,6-7H2,(H,8,9)/t;4-/m.0/s1. The summed E-state index contributed by atoms with van der Waals surface area (Å²) in [4.78, 5) is 33.2. The van der Waals surface area contributed by atoms with Crippen molar-refractivity contribution in [3.8, 4) is 5.75 Å². The van der Waals surface area contributed by atoms with Crippen molar-refractivity contribution in [1.29, 1.82) is 0 Å². The van der Waals surface area contributed by atoms with E-state index in [1.807, 2.05) is 0 Å². The molecular formula is C18H20Cl2N2O6S. The van der Waals surface area contributed by atoms with Crippen LogP contribution in [0.5, 0.6) is 5.75 Å². The number of rotatable bonds is 9. The number of ether oxygens (including phenoxy) is 1. The van der Waals surface area contributed by atoms with Crippen molar-refractivity contribution >= 4 is 52.3 Å². The minimum absolute atomic E-state index is 0.0234. The van der Waals surface area contributed by atoms with E-state index in [0.717, 1.165) is 0 Å². The van der Waals surface area contributed by atoms with Crippen LogP contribution in [-0.2, 0) is 9.59 Å². The van der Waals surface area contributed by atoms with Gasteiger partial charge in [-0.15, -0.1) is 11.3 Å². The highest BCUT2D eigenvalue weighted by Gasteiger charge is 2.19. The Bertz CT molecular complexity index is 845. The number of ketones is 1. The van der Waals surface area contributed by atoms with Crippen LogP contribution >= 0.6 is 34.5 Å². The van der Waals surface area contributed by atoms with Crippen LogP contribution in [0, 0.1) is 0 Å². The number of hydrogen-bond acceptors (Lipinski definition) is 7. The first kappa shape index (κ1) is 24.9. The number of halogens is 2. The summed E-state index contributed by atoms with van der Waals surface area (Å²) in [6, 6.07) is 5.60. The maximum Gasteiger partial charge on any atom is 0.341 e. The van der Waals surface area contributed by atoms with Crippen LogP contribution in [-0.4, -0.2) is 47.1 Å². The third-order valence-electron chi connectivity index (χ3n) is 3.42. The first-order valence-corrected chi connectivity index (χ1v) is 9.91. The van der Waals surface area contributed by atoms with E-state index in [4.69, 9.17) is 49.6 Å². The van der Waals surface area contributed by atoms with Gasteiger partial charge < -0.3 is 26.4 Å². The summed E-state index contributed by atoms with van der Waals surface area (Å²) in [5.41, 5.74) is 10.5. The van der Waals surface area contributed by atoms with E-state index in [1.54, 1.807) is 17.5 Å². The lowest BCUT2D eigenvalue weighted by Crippen LogP contribution is -2.30. The molecule has 6 N–H and O–H groups in total. The molecule has 0 unspecified atom stereocenters. The fourth-order valence-electron chi connectivity index (χ4n) is 1.96. The zero-order chi connectivity index (χ0) is 22.0. The SMILES string of the molecule is NCCC[C@H](N)C(=O)O.O=C(O)COc1ccc(C(=O)c2cccs2)c(Cl)c1Cl. The Kier molecular flexibility index (Phi) is 10.6. The molecule has 0 amide bonds. The van der Waals surface area contributed by atoms with Crippen LogP contribution in [0.4, 0.5) is 0 Å². The molecule has 2 rings (SSSR count). The smallest absolute Gasteiger partial charge is 0.341 e. The molecule has 0 saturated heterocycles. The van der Waals surface area contributed by atoms with Gasteiger partial charge in [-0.25, -0.2) is 4.79 Å². The molecule has 0 saturated carbocycles. The molecule has 0 aliphatic heterocycles. The van der Waals surface area contributed by atoms with E-state index in [9.17, 15) is 14.4 Å². The Morgan fingerprint density at radius 2 is 1.83 bits per heavy atom. The molecule has 158 valence electrons. The van der Waals surface area contributed by atoms with Gasteiger partial charge in [0.1, 0.15) is 16.8 Å². The topological polar surface area (TPSA) is 153 Å². The van der Waals surface area contributed by atoms with Gasteiger partial charge in [0.15, 0.2) is 6.61 Å². The van der Waals surface area contributed by atoms with Gasteiger partial charge in [0.25, 0.3) is 0 Å². The van der Waals surface area contributed by atoms with Crippen LogP contribution in [0.15, 0.2) is 29.6 Å². The number of carboxylic acid groups (broad SMARTS) is 2. The Morgan fingerprint density at radius 3 is 2.34 bits per heavy atom. The molecule has 2 aromatic rings. The number of aliphatic carboxylic acids is 2. The van der Waals surface area contributed by atoms with Crippen molar-refractivity contribution in [2.24, 2.45) is 11.5 Å². The Balaban J connectivity index is 0.000000396. The minimum atomic E-state index is -1.13. The summed E-state index contributed by atoms with van der Waals surface area (Å²) in [5, 5.41) is 18.6. The monoisotopic (exact) mass is 462 g/mol. The fourth-order valence-corrected chi connectivity index (χ4v) is 3.10. The molecule has 0 radical (unpaired) electrons. The van der Waals surface area contributed by atoms with Crippen LogP contribution in [0.25, 0.3) is 0 Å². The predicted octanol–water partition coefficient (Wildman–Crippen LogP) is 2.89. The van der Waals surface area contributed by atoms with E-state index >= 15 is 0 Å². The molecule has 1 atom stereocenters. The van der Waals surface area contributed by atoms with Crippen molar-refractivity contribution in [1.82, 2.24) is 0 Å². The maximum atomic E-state index is 12.2. The normalized spacial score (nSPS) is 11.2. The molecule has 0 aliphatic rings. The van der Waals surface area contributed by atoms with Gasteiger partial charge in [-0.3, -0.25) is 9.59 Å². The van der Waals surface area contributed by atoms with E-state index in [1.165, 1.54) is 23.5 Å². The highest BCUT2D eigenvalue weighted by atomic mass is 35.5. The Hall–Kier alpha value is -2.17. The Morgan fingerprint density at radius 1 is 1.14 bits per heavy atom. The molecule has 0 fully saturated rings. The number of benzene rings is 1.